The second-order valence-electron chi connectivity index (χ2n) is 9.78. The molecular formula is C31H35N3O. The van der Waals surface area contributed by atoms with Crippen LogP contribution >= 0.6 is 0 Å². The number of benzene rings is 3. The van der Waals surface area contributed by atoms with Gasteiger partial charge in [-0.1, -0.05) is 78.4 Å². The number of aromatic nitrogens is 1. The number of hydrogen-bond acceptors (Lipinski definition) is 2. The first-order valence-corrected chi connectivity index (χ1v) is 12.8. The highest BCUT2D eigenvalue weighted by Crippen LogP contribution is 2.35. The highest BCUT2D eigenvalue weighted by molar-refractivity contribution is 5.86. The fourth-order valence-electron chi connectivity index (χ4n) is 5.29. The third-order valence-electron chi connectivity index (χ3n) is 7.21. The maximum atomic E-state index is 13.1. The molecule has 1 saturated heterocycles. The Hall–Kier alpha value is -3.37. The van der Waals surface area contributed by atoms with Crippen LogP contribution in [0.4, 0.5) is 0 Å². The molecule has 0 spiro atoms. The van der Waals surface area contributed by atoms with Crippen LogP contribution in [0.15, 0.2) is 85.1 Å². The van der Waals surface area contributed by atoms with Gasteiger partial charge in [-0.05, 0) is 55.6 Å². The van der Waals surface area contributed by atoms with E-state index in [1.165, 1.54) is 46.0 Å². The summed E-state index contributed by atoms with van der Waals surface area (Å²) in [5, 5.41) is 4.42. The Labute approximate surface area is 208 Å². The van der Waals surface area contributed by atoms with E-state index in [0.717, 1.165) is 32.7 Å². The summed E-state index contributed by atoms with van der Waals surface area (Å²) in [5.41, 5.74) is 6.11. The van der Waals surface area contributed by atoms with E-state index >= 15 is 0 Å². The van der Waals surface area contributed by atoms with Crippen LogP contribution in [-0.4, -0.2) is 41.6 Å². The van der Waals surface area contributed by atoms with E-state index in [9.17, 15) is 4.79 Å². The number of carbonyl (C=O) groups is 1. The van der Waals surface area contributed by atoms with Crippen LogP contribution in [0.25, 0.3) is 10.9 Å². The number of para-hydroxylation sites is 1. The van der Waals surface area contributed by atoms with Gasteiger partial charge in [0, 0.05) is 49.1 Å². The van der Waals surface area contributed by atoms with Gasteiger partial charge in [0.1, 0.15) is 0 Å². The first-order valence-electron chi connectivity index (χ1n) is 12.8. The van der Waals surface area contributed by atoms with Crippen LogP contribution < -0.4 is 5.32 Å². The van der Waals surface area contributed by atoms with Crippen molar-refractivity contribution in [3.63, 3.8) is 0 Å². The summed E-state index contributed by atoms with van der Waals surface area (Å²) in [6, 6.07) is 27.8. The van der Waals surface area contributed by atoms with Crippen molar-refractivity contribution in [2.75, 3.05) is 26.2 Å². The third kappa shape index (κ3) is 5.66. The number of nitrogens with zero attached hydrogens (tertiary/aromatic N) is 2. The van der Waals surface area contributed by atoms with Gasteiger partial charge in [-0.3, -0.25) is 4.79 Å². The molecule has 1 aliphatic rings. The lowest BCUT2D eigenvalue weighted by Crippen LogP contribution is -2.34. The van der Waals surface area contributed by atoms with Crippen molar-refractivity contribution in [1.29, 1.82) is 0 Å². The van der Waals surface area contributed by atoms with E-state index in [1.54, 1.807) is 0 Å². The molecule has 0 unspecified atom stereocenters. The van der Waals surface area contributed by atoms with Crippen LogP contribution in [0.2, 0.25) is 0 Å². The van der Waals surface area contributed by atoms with E-state index in [4.69, 9.17) is 0 Å². The average molecular weight is 466 g/mol. The Kier molecular flexibility index (Phi) is 7.29. The number of amides is 1. The fourth-order valence-corrected chi connectivity index (χ4v) is 5.29. The number of nitrogens with one attached hydrogen (secondary N) is 1. The van der Waals surface area contributed by atoms with Crippen LogP contribution in [0, 0.1) is 6.92 Å². The number of fused-ring (bicyclic) bond motifs is 1. The Morgan fingerprint density at radius 3 is 2.40 bits per heavy atom. The van der Waals surface area contributed by atoms with Gasteiger partial charge in [-0.2, -0.15) is 0 Å². The Balaban J connectivity index is 1.43. The third-order valence-corrected chi connectivity index (χ3v) is 7.21. The van der Waals surface area contributed by atoms with Crippen LogP contribution in [-0.2, 0) is 11.3 Å². The number of aryl methyl sites for hydroxylation is 1. The van der Waals surface area contributed by atoms with Crippen molar-refractivity contribution in [3.8, 4) is 0 Å². The Morgan fingerprint density at radius 2 is 1.63 bits per heavy atom. The fraction of sp³-hybridized carbons (Fsp3) is 0.323. The lowest BCUT2D eigenvalue weighted by Gasteiger charge is -2.19. The quantitative estimate of drug-likeness (QED) is 0.343. The van der Waals surface area contributed by atoms with Crippen LogP contribution in [0.1, 0.15) is 47.4 Å². The molecule has 1 aliphatic heterocycles. The molecule has 0 aliphatic carbocycles. The van der Waals surface area contributed by atoms with E-state index in [0.29, 0.717) is 6.42 Å². The van der Waals surface area contributed by atoms with Gasteiger partial charge in [0.05, 0.1) is 0 Å². The van der Waals surface area contributed by atoms with Crippen molar-refractivity contribution in [3.05, 3.63) is 107 Å². The van der Waals surface area contributed by atoms with Crippen LogP contribution in [0.5, 0.6) is 0 Å². The summed E-state index contributed by atoms with van der Waals surface area (Å²) in [4.78, 5) is 15.6. The largest absolute Gasteiger partial charge is 0.355 e. The summed E-state index contributed by atoms with van der Waals surface area (Å²) >= 11 is 0. The van der Waals surface area contributed by atoms with E-state index in [1.807, 2.05) is 0 Å². The van der Waals surface area contributed by atoms with Crippen molar-refractivity contribution in [1.82, 2.24) is 14.8 Å². The smallest absolute Gasteiger partial charge is 0.220 e. The SMILES string of the molecule is Cc1ccc([C@H](CC(=O)NCCN2CCCC2)c2cn(Cc3ccccc3)c3ccccc23)cc1. The molecule has 1 atom stereocenters. The van der Waals surface area contributed by atoms with E-state index in [-0.39, 0.29) is 11.8 Å². The first kappa shape index (κ1) is 23.4. The standard InChI is InChI=1S/C31H35N3O/c1-24-13-15-26(16-14-24)28(21-31(35)32-17-20-33-18-7-8-19-33)29-23-34(22-25-9-3-2-4-10-25)30-12-6-5-11-27(29)30/h2-6,9-16,23,28H,7-8,17-22H2,1H3,(H,32,35)/t28-/m0/s1. The minimum absolute atomic E-state index is 0.00399. The van der Waals surface area contributed by atoms with Gasteiger partial charge in [0.2, 0.25) is 5.91 Å². The van der Waals surface area contributed by atoms with Gasteiger partial charge >= 0.3 is 0 Å². The molecule has 180 valence electrons. The van der Waals surface area contributed by atoms with Crippen molar-refractivity contribution in [2.45, 2.75) is 38.6 Å². The van der Waals surface area contributed by atoms with Gasteiger partial charge in [0.25, 0.3) is 0 Å². The lowest BCUT2D eigenvalue weighted by atomic mass is 9.87. The number of likely N-dealkylation sites (tertiary alicyclic amines) is 1. The summed E-state index contributed by atoms with van der Waals surface area (Å²) in [6.45, 7) is 6.89. The minimum Gasteiger partial charge on any atom is -0.355 e. The molecule has 4 nitrogen and oxygen atoms in total. The predicted molar refractivity (Wildman–Crippen MR) is 144 cm³/mol. The molecule has 35 heavy (non-hydrogen) atoms. The van der Waals surface area contributed by atoms with Gasteiger partial charge in [-0.15, -0.1) is 0 Å². The van der Waals surface area contributed by atoms with Crippen molar-refractivity contribution >= 4 is 16.8 Å². The molecule has 0 radical (unpaired) electrons. The zero-order valence-corrected chi connectivity index (χ0v) is 20.6. The summed E-state index contributed by atoms with van der Waals surface area (Å²) < 4.78 is 2.33. The monoisotopic (exact) mass is 465 g/mol. The second-order valence-corrected chi connectivity index (χ2v) is 9.78. The van der Waals surface area contributed by atoms with E-state index < -0.39 is 0 Å². The maximum absolute atomic E-state index is 13.1. The minimum atomic E-state index is 0.00399. The Bertz CT molecular complexity index is 1250. The topological polar surface area (TPSA) is 37.3 Å². The van der Waals surface area contributed by atoms with Gasteiger partial charge in [-0.25, -0.2) is 0 Å². The molecule has 1 N–H and O–H groups in total. The summed E-state index contributed by atoms with van der Waals surface area (Å²) in [5.74, 6) is 0.124. The van der Waals surface area contributed by atoms with Gasteiger partial charge < -0.3 is 14.8 Å². The first-order chi connectivity index (χ1) is 17.2. The number of rotatable bonds is 9. The molecule has 1 aromatic heterocycles. The molecule has 0 bridgehead atoms. The second kappa shape index (κ2) is 10.9. The maximum Gasteiger partial charge on any atom is 0.220 e. The molecular weight excluding hydrogens is 430 g/mol. The normalized spacial score (nSPS) is 14.9. The molecule has 3 aromatic carbocycles. The average Bonchev–Trinajstić information content (AvgIpc) is 3.52. The van der Waals surface area contributed by atoms with E-state index in [2.05, 4.69) is 107 Å². The summed E-state index contributed by atoms with van der Waals surface area (Å²) in [7, 11) is 0. The molecule has 2 heterocycles. The molecule has 5 rings (SSSR count). The van der Waals surface area contributed by atoms with Crippen molar-refractivity contribution < 1.29 is 4.79 Å². The van der Waals surface area contributed by atoms with Crippen LogP contribution in [0.3, 0.4) is 0 Å². The van der Waals surface area contributed by atoms with Gasteiger partial charge in [0.15, 0.2) is 0 Å². The summed E-state index contributed by atoms with van der Waals surface area (Å²) in [6.07, 6.45) is 5.26. The molecule has 0 saturated carbocycles. The highest BCUT2D eigenvalue weighted by Gasteiger charge is 2.23. The molecule has 1 amide bonds. The molecule has 4 aromatic rings. The predicted octanol–water partition coefficient (Wildman–Crippen LogP) is 5.73. The molecule has 4 heteroatoms. The number of hydrogen-bond donors (Lipinski definition) is 1. The highest BCUT2D eigenvalue weighted by atomic mass is 16.1. The number of carbonyl (C=O) groups excluding carboxylic acids is 1. The zero-order valence-electron chi connectivity index (χ0n) is 20.6. The Morgan fingerprint density at radius 1 is 0.914 bits per heavy atom. The zero-order chi connectivity index (χ0) is 24.0. The molecule has 1 fully saturated rings. The van der Waals surface area contributed by atoms with Crippen molar-refractivity contribution in [2.24, 2.45) is 0 Å². The lowest BCUT2D eigenvalue weighted by molar-refractivity contribution is -0.121.